The minimum absolute atomic E-state index is 0.0643. The van der Waals surface area contributed by atoms with Crippen LogP contribution in [-0.4, -0.2) is 40.9 Å². The number of carbonyl (C=O) groups is 3. The molecule has 96 valence electrons. The molecule has 1 aromatic heterocycles. The van der Waals surface area contributed by atoms with Crippen LogP contribution in [0.3, 0.4) is 0 Å². The van der Waals surface area contributed by atoms with Gasteiger partial charge in [0.15, 0.2) is 0 Å². The lowest BCUT2D eigenvalue weighted by Gasteiger charge is -2.02. The number of pyridine rings is 1. The SMILES string of the molecule is COC(=O)NC(=O)CSc1cc(C(=O)O)ccn1. The van der Waals surface area contributed by atoms with Crippen LogP contribution in [0, 0.1) is 0 Å². The van der Waals surface area contributed by atoms with Crippen molar-refractivity contribution in [1.82, 2.24) is 10.3 Å². The molecule has 0 unspecified atom stereocenters. The summed E-state index contributed by atoms with van der Waals surface area (Å²) in [6, 6.07) is 2.69. The van der Waals surface area contributed by atoms with Crippen LogP contribution in [-0.2, 0) is 9.53 Å². The molecule has 8 heteroatoms. The van der Waals surface area contributed by atoms with Gasteiger partial charge in [-0.1, -0.05) is 11.8 Å². The van der Waals surface area contributed by atoms with Crippen molar-refractivity contribution in [2.24, 2.45) is 0 Å². The number of hydrogen-bond acceptors (Lipinski definition) is 6. The van der Waals surface area contributed by atoms with Gasteiger partial charge >= 0.3 is 12.1 Å². The molecule has 0 radical (unpaired) electrons. The second kappa shape index (κ2) is 6.60. The van der Waals surface area contributed by atoms with Crippen LogP contribution < -0.4 is 5.32 Å². The van der Waals surface area contributed by atoms with E-state index < -0.39 is 18.0 Å². The number of carboxylic acid groups (broad SMARTS) is 1. The molecule has 2 amide bonds. The van der Waals surface area contributed by atoms with E-state index in [1.807, 2.05) is 5.32 Å². The summed E-state index contributed by atoms with van der Waals surface area (Å²) in [6.07, 6.45) is 0.497. The Morgan fingerprint density at radius 1 is 1.50 bits per heavy atom. The summed E-state index contributed by atoms with van der Waals surface area (Å²) < 4.78 is 4.25. The van der Waals surface area contributed by atoms with Crippen molar-refractivity contribution in [2.75, 3.05) is 12.9 Å². The van der Waals surface area contributed by atoms with Crippen LogP contribution in [0.4, 0.5) is 4.79 Å². The van der Waals surface area contributed by atoms with Crippen molar-refractivity contribution >= 4 is 29.7 Å². The summed E-state index contributed by atoms with van der Waals surface area (Å²) >= 11 is 1.02. The molecule has 0 aliphatic heterocycles. The Balaban J connectivity index is 2.53. The van der Waals surface area contributed by atoms with Gasteiger partial charge in [-0.3, -0.25) is 10.1 Å². The van der Waals surface area contributed by atoms with Gasteiger partial charge < -0.3 is 9.84 Å². The van der Waals surface area contributed by atoms with E-state index in [1.54, 1.807) is 0 Å². The molecular formula is C10H10N2O5S. The molecule has 0 aromatic carbocycles. The normalized spacial score (nSPS) is 9.61. The minimum Gasteiger partial charge on any atom is -0.478 e. The highest BCUT2D eigenvalue weighted by molar-refractivity contribution is 7.99. The fraction of sp³-hybridized carbons (Fsp3) is 0.200. The van der Waals surface area contributed by atoms with Gasteiger partial charge in [0.25, 0.3) is 0 Å². The largest absolute Gasteiger partial charge is 0.478 e. The molecule has 0 atom stereocenters. The third-order valence-corrected chi connectivity index (χ3v) is 2.69. The number of carboxylic acids is 1. The molecule has 7 nitrogen and oxygen atoms in total. The summed E-state index contributed by atoms with van der Waals surface area (Å²) in [5.74, 6) is -1.68. The maximum atomic E-state index is 11.2. The number of imide groups is 1. The van der Waals surface area contributed by atoms with E-state index in [2.05, 4.69) is 9.72 Å². The predicted molar refractivity (Wildman–Crippen MR) is 62.5 cm³/mol. The van der Waals surface area contributed by atoms with Crippen molar-refractivity contribution < 1.29 is 24.2 Å². The average Bonchev–Trinajstić information content (AvgIpc) is 2.36. The van der Waals surface area contributed by atoms with Crippen LogP contribution in [0.5, 0.6) is 0 Å². The summed E-state index contributed by atoms with van der Waals surface area (Å²) in [5.41, 5.74) is 0.0841. The first-order chi connectivity index (χ1) is 8.52. The first kappa shape index (κ1) is 14.0. The maximum absolute atomic E-state index is 11.2. The zero-order chi connectivity index (χ0) is 13.5. The zero-order valence-electron chi connectivity index (χ0n) is 9.37. The number of nitrogens with zero attached hydrogens (tertiary/aromatic N) is 1. The van der Waals surface area contributed by atoms with Crippen molar-refractivity contribution in [3.63, 3.8) is 0 Å². The van der Waals surface area contributed by atoms with Crippen LogP contribution in [0.2, 0.25) is 0 Å². The van der Waals surface area contributed by atoms with Gasteiger partial charge in [-0.2, -0.15) is 0 Å². The van der Waals surface area contributed by atoms with Gasteiger partial charge in [-0.25, -0.2) is 14.6 Å². The molecule has 1 aromatic rings. The highest BCUT2D eigenvalue weighted by atomic mass is 32.2. The molecule has 1 rings (SSSR count). The van der Waals surface area contributed by atoms with Gasteiger partial charge in [0, 0.05) is 6.20 Å². The lowest BCUT2D eigenvalue weighted by Crippen LogP contribution is -2.31. The van der Waals surface area contributed by atoms with E-state index >= 15 is 0 Å². The summed E-state index contributed by atoms with van der Waals surface area (Å²) in [7, 11) is 1.15. The van der Waals surface area contributed by atoms with Crippen molar-refractivity contribution in [3.8, 4) is 0 Å². The average molecular weight is 270 g/mol. The summed E-state index contributed by atoms with van der Waals surface area (Å²) in [4.78, 5) is 36.5. The summed E-state index contributed by atoms with van der Waals surface area (Å²) in [6.45, 7) is 0. The number of amides is 2. The number of alkyl carbamates (subject to hydrolysis) is 1. The van der Waals surface area contributed by atoms with Gasteiger partial charge in [-0.15, -0.1) is 0 Å². The van der Waals surface area contributed by atoms with Crippen molar-refractivity contribution in [1.29, 1.82) is 0 Å². The van der Waals surface area contributed by atoms with Gasteiger partial charge in [0.05, 0.1) is 23.5 Å². The number of nitrogens with one attached hydrogen (secondary N) is 1. The number of thioether (sulfide) groups is 1. The van der Waals surface area contributed by atoms with E-state index in [1.165, 1.54) is 18.3 Å². The molecule has 2 N–H and O–H groups in total. The quantitative estimate of drug-likeness (QED) is 0.778. The van der Waals surface area contributed by atoms with E-state index in [0.29, 0.717) is 5.03 Å². The first-order valence-corrected chi connectivity index (χ1v) is 5.71. The predicted octanol–water partition coefficient (Wildman–Crippen LogP) is 0.754. The zero-order valence-corrected chi connectivity index (χ0v) is 10.2. The number of aromatic carboxylic acids is 1. The standard InChI is InChI=1S/C10H10N2O5S/c1-17-10(16)12-7(13)5-18-8-4-6(9(14)15)2-3-11-8/h2-4H,5H2,1H3,(H,14,15)(H,12,13,16). The third kappa shape index (κ3) is 4.42. The molecule has 1 heterocycles. The second-order valence-electron chi connectivity index (χ2n) is 3.02. The lowest BCUT2D eigenvalue weighted by molar-refractivity contribution is -0.117. The lowest BCUT2D eigenvalue weighted by atomic mass is 10.3. The number of carbonyl (C=O) groups excluding carboxylic acids is 2. The number of ether oxygens (including phenoxy) is 1. The molecule has 0 fully saturated rings. The van der Waals surface area contributed by atoms with E-state index in [-0.39, 0.29) is 11.3 Å². The number of methoxy groups -OCH3 is 1. The van der Waals surface area contributed by atoms with Gasteiger partial charge in [0.1, 0.15) is 0 Å². The van der Waals surface area contributed by atoms with E-state index in [9.17, 15) is 14.4 Å². The van der Waals surface area contributed by atoms with Gasteiger partial charge in [-0.05, 0) is 12.1 Å². The van der Waals surface area contributed by atoms with Crippen LogP contribution in [0.1, 0.15) is 10.4 Å². The maximum Gasteiger partial charge on any atom is 0.413 e. The van der Waals surface area contributed by atoms with Crippen molar-refractivity contribution in [3.05, 3.63) is 23.9 Å². The molecule has 0 saturated heterocycles. The number of aromatic nitrogens is 1. The fourth-order valence-corrected chi connectivity index (χ4v) is 1.66. The first-order valence-electron chi connectivity index (χ1n) is 4.73. The molecule has 0 spiro atoms. The molecule has 18 heavy (non-hydrogen) atoms. The van der Waals surface area contributed by atoms with Crippen molar-refractivity contribution in [2.45, 2.75) is 5.03 Å². The minimum atomic E-state index is -1.07. The third-order valence-electron chi connectivity index (χ3n) is 1.76. The Morgan fingerprint density at radius 2 is 2.22 bits per heavy atom. The molecule has 0 saturated carbocycles. The Labute approximate surface area is 107 Å². The second-order valence-corrected chi connectivity index (χ2v) is 4.01. The molecule has 0 aliphatic rings. The summed E-state index contributed by atoms with van der Waals surface area (Å²) in [5, 5.41) is 11.1. The Bertz CT molecular complexity index is 477. The van der Waals surface area contributed by atoms with Gasteiger partial charge in [0.2, 0.25) is 5.91 Å². The molecular weight excluding hydrogens is 260 g/mol. The Morgan fingerprint density at radius 3 is 2.83 bits per heavy atom. The smallest absolute Gasteiger partial charge is 0.413 e. The molecule has 0 aliphatic carbocycles. The number of hydrogen-bond donors (Lipinski definition) is 2. The topological polar surface area (TPSA) is 106 Å². The highest BCUT2D eigenvalue weighted by Crippen LogP contribution is 2.15. The van der Waals surface area contributed by atoms with E-state index in [0.717, 1.165) is 18.9 Å². The highest BCUT2D eigenvalue weighted by Gasteiger charge is 2.09. The van der Waals surface area contributed by atoms with Crippen LogP contribution in [0.25, 0.3) is 0 Å². The van der Waals surface area contributed by atoms with E-state index in [4.69, 9.17) is 5.11 Å². The monoisotopic (exact) mass is 270 g/mol. The molecule has 0 bridgehead atoms. The fourth-order valence-electron chi connectivity index (χ4n) is 0.962. The Kier molecular flexibility index (Phi) is 5.12. The number of rotatable bonds is 4. The van der Waals surface area contributed by atoms with Crippen LogP contribution in [0.15, 0.2) is 23.4 Å². The Hall–Kier alpha value is -2.09. The van der Waals surface area contributed by atoms with Crippen LogP contribution >= 0.6 is 11.8 Å².